The molecule has 0 N–H and O–H groups in total. The SMILES string of the molecule is CCCN1CCN(CCCCc2ccccc2)CC1c1cccc(OC)c1OC. The van der Waals surface area contributed by atoms with Crippen molar-refractivity contribution in [3.8, 4) is 11.5 Å². The number of piperazine rings is 1. The molecule has 158 valence electrons. The van der Waals surface area contributed by atoms with Crippen molar-refractivity contribution in [2.75, 3.05) is 46.9 Å². The lowest BCUT2D eigenvalue weighted by Crippen LogP contribution is -2.48. The van der Waals surface area contributed by atoms with Gasteiger partial charge in [0.15, 0.2) is 11.5 Å². The number of hydrogen-bond acceptors (Lipinski definition) is 4. The standard InChI is InChI=1S/C25H36N2O2/c1-4-16-27-19-18-26(17-9-8-13-21-11-6-5-7-12-21)20-23(27)22-14-10-15-24(28-2)25(22)29-3/h5-7,10-12,14-15,23H,4,8-9,13,16-20H2,1-3H3. The number of ether oxygens (including phenoxy) is 2. The van der Waals surface area contributed by atoms with Crippen molar-refractivity contribution in [3.63, 3.8) is 0 Å². The molecule has 4 nitrogen and oxygen atoms in total. The van der Waals surface area contributed by atoms with E-state index in [1.54, 1.807) is 14.2 Å². The topological polar surface area (TPSA) is 24.9 Å². The highest BCUT2D eigenvalue weighted by Crippen LogP contribution is 2.38. The van der Waals surface area contributed by atoms with Gasteiger partial charge in [0, 0.05) is 25.2 Å². The van der Waals surface area contributed by atoms with E-state index in [1.165, 1.54) is 36.8 Å². The summed E-state index contributed by atoms with van der Waals surface area (Å²) in [7, 11) is 3.46. The first kappa shape index (κ1) is 21.7. The van der Waals surface area contributed by atoms with Crippen molar-refractivity contribution in [2.45, 2.75) is 38.6 Å². The van der Waals surface area contributed by atoms with Gasteiger partial charge in [-0.1, -0.05) is 49.4 Å². The molecule has 1 atom stereocenters. The highest BCUT2D eigenvalue weighted by atomic mass is 16.5. The maximum absolute atomic E-state index is 5.76. The van der Waals surface area contributed by atoms with Crippen molar-refractivity contribution in [2.24, 2.45) is 0 Å². The molecule has 0 spiro atoms. The van der Waals surface area contributed by atoms with Gasteiger partial charge in [0.25, 0.3) is 0 Å². The Balaban J connectivity index is 1.63. The number of benzene rings is 2. The Bertz CT molecular complexity index is 735. The summed E-state index contributed by atoms with van der Waals surface area (Å²) in [6.45, 7) is 7.85. The van der Waals surface area contributed by atoms with Gasteiger partial charge in [0.2, 0.25) is 0 Å². The van der Waals surface area contributed by atoms with E-state index in [2.05, 4.69) is 59.2 Å². The lowest BCUT2D eigenvalue weighted by atomic mass is 9.99. The fraction of sp³-hybridized carbons (Fsp3) is 0.520. The van der Waals surface area contributed by atoms with Crippen LogP contribution in [0.1, 0.15) is 43.4 Å². The monoisotopic (exact) mass is 396 g/mol. The number of aryl methyl sites for hydroxylation is 1. The number of methoxy groups -OCH3 is 2. The number of unbranched alkanes of at least 4 members (excludes halogenated alkanes) is 1. The van der Waals surface area contributed by atoms with Gasteiger partial charge in [0.1, 0.15) is 0 Å². The van der Waals surface area contributed by atoms with Gasteiger partial charge in [0.05, 0.1) is 20.3 Å². The molecule has 1 fully saturated rings. The molecule has 1 aliphatic heterocycles. The first-order valence-corrected chi connectivity index (χ1v) is 11.0. The summed E-state index contributed by atoms with van der Waals surface area (Å²) >= 11 is 0. The van der Waals surface area contributed by atoms with Crippen molar-refractivity contribution < 1.29 is 9.47 Å². The second-order valence-corrected chi connectivity index (χ2v) is 7.88. The van der Waals surface area contributed by atoms with Crippen LogP contribution in [0.15, 0.2) is 48.5 Å². The summed E-state index contributed by atoms with van der Waals surface area (Å²) < 4.78 is 11.3. The quantitative estimate of drug-likeness (QED) is 0.539. The zero-order valence-corrected chi connectivity index (χ0v) is 18.3. The average molecular weight is 397 g/mol. The summed E-state index contributed by atoms with van der Waals surface area (Å²) in [6, 6.07) is 17.4. The second-order valence-electron chi connectivity index (χ2n) is 7.88. The maximum Gasteiger partial charge on any atom is 0.165 e. The van der Waals surface area contributed by atoms with Gasteiger partial charge >= 0.3 is 0 Å². The molecule has 1 heterocycles. The molecule has 0 saturated carbocycles. The van der Waals surface area contributed by atoms with Crippen LogP contribution >= 0.6 is 0 Å². The van der Waals surface area contributed by atoms with Crippen molar-refractivity contribution >= 4 is 0 Å². The van der Waals surface area contributed by atoms with Gasteiger partial charge in [-0.25, -0.2) is 0 Å². The van der Waals surface area contributed by atoms with E-state index >= 15 is 0 Å². The van der Waals surface area contributed by atoms with E-state index in [0.717, 1.165) is 44.2 Å². The van der Waals surface area contributed by atoms with E-state index in [1.807, 2.05) is 6.07 Å². The summed E-state index contributed by atoms with van der Waals surface area (Å²) in [6.07, 6.45) is 4.82. The third-order valence-corrected chi connectivity index (χ3v) is 5.91. The smallest absolute Gasteiger partial charge is 0.165 e. The van der Waals surface area contributed by atoms with Crippen molar-refractivity contribution in [1.82, 2.24) is 9.80 Å². The van der Waals surface area contributed by atoms with Crippen LogP contribution in [0.4, 0.5) is 0 Å². The Morgan fingerprint density at radius 3 is 2.45 bits per heavy atom. The van der Waals surface area contributed by atoms with Crippen LogP contribution in [0.2, 0.25) is 0 Å². The van der Waals surface area contributed by atoms with Crippen LogP contribution in [0.5, 0.6) is 11.5 Å². The number of para-hydroxylation sites is 1. The molecule has 1 aliphatic rings. The van der Waals surface area contributed by atoms with Crippen LogP contribution in [-0.4, -0.2) is 56.7 Å². The second kappa shape index (κ2) is 11.2. The van der Waals surface area contributed by atoms with Crippen LogP contribution in [0.3, 0.4) is 0 Å². The van der Waals surface area contributed by atoms with Crippen LogP contribution in [0.25, 0.3) is 0 Å². The Kier molecular flexibility index (Phi) is 8.38. The van der Waals surface area contributed by atoms with Gasteiger partial charge in [-0.3, -0.25) is 4.90 Å². The Labute approximate surface area is 176 Å². The van der Waals surface area contributed by atoms with E-state index in [-0.39, 0.29) is 0 Å². The highest BCUT2D eigenvalue weighted by Gasteiger charge is 2.30. The molecule has 1 saturated heterocycles. The molecule has 0 amide bonds. The lowest BCUT2D eigenvalue weighted by Gasteiger charge is -2.42. The average Bonchev–Trinajstić information content (AvgIpc) is 2.77. The summed E-state index contributed by atoms with van der Waals surface area (Å²) in [5, 5.41) is 0. The fourth-order valence-corrected chi connectivity index (χ4v) is 4.41. The van der Waals surface area contributed by atoms with Crippen molar-refractivity contribution in [1.29, 1.82) is 0 Å². The maximum atomic E-state index is 5.76. The minimum absolute atomic E-state index is 0.350. The molecule has 2 aromatic rings. The van der Waals surface area contributed by atoms with E-state index < -0.39 is 0 Å². The minimum Gasteiger partial charge on any atom is -0.493 e. The Morgan fingerprint density at radius 1 is 0.897 bits per heavy atom. The van der Waals surface area contributed by atoms with Gasteiger partial charge in [-0.15, -0.1) is 0 Å². The molecule has 3 rings (SSSR count). The Hall–Kier alpha value is -2.04. The van der Waals surface area contributed by atoms with Crippen LogP contribution in [0, 0.1) is 0 Å². The first-order valence-electron chi connectivity index (χ1n) is 11.0. The number of rotatable bonds is 10. The minimum atomic E-state index is 0.350. The molecule has 1 unspecified atom stereocenters. The molecule has 0 aromatic heterocycles. The zero-order chi connectivity index (χ0) is 20.5. The summed E-state index contributed by atoms with van der Waals surface area (Å²) in [5.74, 6) is 1.70. The summed E-state index contributed by atoms with van der Waals surface area (Å²) in [4.78, 5) is 5.23. The predicted octanol–water partition coefficient (Wildman–Crippen LogP) is 4.80. The van der Waals surface area contributed by atoms with Crippen LogP contribution < -0.4 is 9.47 Å². The third kappa shape index (κ3) is 5.74. The van der Waals surface area contributed by atoms with E-state index in [0.29, 0.717) is 6.04 Å². The van der Waals surface area contributed by atoms with E-state index in [9.17, 15) is 0 Å². The lowest BCUT2D eigenvalue weighted by molar-refractivity contribution is 0.0714. The number of hydrogen-bond donors (Lipinski definition) is 0. The molecule has 0 aliphatic carbocycles. The summed E-state index contributed by atoms with van der Waals surface area (Å²) in [5.41, 5.74) is 2.69. The van der Waals surface area contributed by atoms with Crippen molar-refractivity contribution in [3.05, 3.63) is 59.7 Å². The molecule has 0 radical (unpaired) electrons. The molecular formula is C25H36N2O2. The fourth-order valence-electron chi connectivity index (χ4n) is 4.41. The normalized spacial score (nSPS) is 18.0. The molecule has 0 bridgehead atoms. The molecule has 2 aromatic carbocycles. The largest absolute Gasteiger partial charge is 0.493 e. The van der Waals surface area contributed by atoms with Crippen LogP contribution in [-0.2, 0) is 6.42 Å². The molecule has 29 heavy (non-hydrogen) atoms. The van der Waals surface area contributed by atoms with Gasteiger partial charge < -0.3 is 14.4 Å². The zero-order valence-electron chi connectivity index (χ0n) is 18.3. The first-order chi connectivity index (χ1) is 14.3. The van der Waals surface area contributed by atoms with Gasteiger partial charge in [-0.05, 0) is 50.4 Å². The van der Waals surface area contributed by atoms with E-state index in [4.69, 9.17) is 9.47 Å². The number of nitrogens with zero attached hydrogens (tertiary/aromatic N) is 2. The molecule has 4 heteroatoms. The predicted molar refractivity (Wildman–Crippen MR) is 120 cm³/mol. The Morgan fingerprint density at radius 2 is 1.72 bits per heavy atom. The molecular weight excluding hydrogens is 360 g/mol. The third-order valence-electron chi connectivity index (χ3n) is 5.91. The highest BCUT2D eigenvalue weighted by molar-refractivity contribution is 5.48. The van der Waals surface area contributed by atoms with Gasteiger partial charge in [-0.2, -0.15) is 0 Å².